The molecule has 2 N–H and O–H groups in total. The first kappa shape index (κ1) is 24.3. The highest BCUT2D eigenvalue weighted by atomic mass is 19.3. The third-order valence-corrected chi connectivity index (χ3v) is 7.41. The molecule has 0 radical (unpaired) electrons. The number of nitrogens with one attached hydrogen (secondary N) is 1. The van der Waals surface area contributed by atoms with Gasteiger partial charge in [-0.15, -0.1) is 0 Å². The van der Waals surface area contributed by atoms with Crippen molar-refractivity contribution in [3.63, 3.8) is 0 Å². The molecule has 3 aromatic rings. The topological polar surface area (TPSA) is 84.3 Å². The van der Waals surface area contributed by atoms with Crippen molar-refractivity contribution in [3.05, 3.63) is 58.2 Å². The van der Waals surface area contributed by atoms with Crippen LogP contribution in [0.15, 0.2) is 24.3 Å². The molecule has 2 aliphatic rings. The van der Waals surface area contributed by atoms with E-state index < -0.39 is 29.8 Å². The Morgan fingerprint density at radius 2 is 1.89 bits per heavy atom. The largest absolute Gasteiger partial charge is 0.493 e. The van der Waals surface area contributed by atoms with Gasteiger partial charge in [-0.3, -0.25) is 4.79 Å². The van der Waals surface area contributed by atoms with Gasteiger partial charge in [0.1, 0.15) is 23.2 Å². The van der Waals surface area contributed by atoms with Gasteiger partial charge in [0.2, 0.25) is 0 Å². The van der Waals surface area contributed by atoms with Crippen molar-refractivity contribution in [2.45, 2.75) is 64.3 Å². The Morgan fingerprint density at radius 1 is 1.17 bits per heavy atom. The molecule has 2 heterocycles. The molecule has 0 saturated heterocycles. The molecule has 1 fully saturated rings. The number of fused-ring (bicyclic) bond motifs is 3. The lowest BCUT2D eigenvalue weighted by Gasteiger charge is -2.28. The minimum Gasteiger partial charge on any atom is -0.493 e. The summed E-state index contributed by atoms with van der Waals surface area (Å²) < 4.78 is 47.4. The van der Waals surface area contributed by atoms with Crippen LogP contribution in [-0.2, 0) is 11.2 Å². The molecule has 36 heavy (non-hydrogen) atoms. The lowest BCUT2D eigenvalue weighted by Crippen LogP contribution is -2.20. The summed E-state index contributed by atoms with van der Waals surface area (Å²) in [6.07, 6.45) is 0.505. The normalized spacial score (nSPS) is 20.3. The van der Waals surface area contributed by atoms with Gasteiger partial charge >= 0.3 is 5.97 Å². The summed E-state index contributed by atoms with van der Waals surface area (Å²) in [6, 6.07) is 5.39. The van der Waals surface area contributed by atoms with Crippen molar-refractivity contribution in [3.8, 4) is 5.75 Å². The first-order valence-corrected chi connectivity index (χ1v) is 12.3. The summed E-state index contributed by atoms with van der Waals surface area (Å²) in [7, 11) is 0. The van der Waals surface area contributed by atoms with Crippen molar-refractivity contribution in [1.29, 1.82) is 0 Å². The minimum absolute atomic E-state index is 0.133. The molecule has 1 saturated carbocycles. The molecule has 0 amide bonds. The Kier molecular flexibility index (Phi) is 6.49. The van der Waals surface area contributed by atoms with Gasteiger partial charge in [0.25, 0.3) is 6.43 Å². The average molecular weight is 500 g/mol. The maximum Gasteiger partial charge on any atom is 0.306 e. The Hall–Kier alpha value is -3.36. The number of nitrogens with zero attached hydrogens (tertiary/aromatic N) is 2. The predicted molar refractivity (Wildman–Crippen MR) is 129 cm³/mol. The standard InChI is InChI=1S/C27H28F3N3O3/c1-13(17-4-3-5-18(22(17)28)25(29)30)31-26-21-12-20(15-6-8-16(9-7-15)27(34)35)24-19(10-11-36-24)23(21)32-14(2)33-26/h3-5,12-13,15-16,25H,6-11H2,1-2H3,(H,34,35)(H,31,32,33). The van der Waals surface area contributed by atoms with Crippen LogP contribution in [0.2, 0.25) is 0 Å². The fourth-order valence-electron chi connectivity index (χ4n) is 5.53. The van der Waals surface area contributed by atoms with E-state index in [1.165, 1.54) is 12.1 Å². The minimum atomic E-state index is -2.90. The van der Waals surface area contributed by atoms with Crippen molar-refractivity contribution in [1.82, 2.24) is 9.97 Å². The molecule has 0 bridgehead atoms. The van der Waals surface area contributed by atoms with E-state index in [2.05, 4.69) is 15.3 Å². The van der Waals surface area contributed by atoms with Crippen molar-refractivity contribution in [2.75, 3.05) is 11.9 Å². The Labute approximate surface area is 206 Å². The second-order valence-corrected chi connectivity index (χ2v) is 9.69. The maximum absolute atomic E-state index is 14.8. The van der Waals surface area contributed by atoms with E-state index in [0.29, 0.717) is 37.5 Å². The SMILES string of the molecule is Cc1nc(NC(C)c2cccc(C(F)F)c2F)c2cc(C3CCC(C(=O)O)CC3)c3c(c2n1)CCO3. The van der Waals surface area contributed by atoms with E-state index in [1.807, 2.05) is 6.07 Å². The first-order valence-electron chi connectivity index (χ1n) is 12.3. The number of aryl methyl sites for hydroxylation is 1. The monoisotopic (exact) mass is 499 g/mol. The van der Waals surface area contributed by atoms with Crippen LogP contribution in [0.1, 0.15) is 79.1 Å². The summed E-state index contributed by atoms with van der Waals surface area (Å²) in [5.74, 6) is 0.0230. The summed E-state index contributed by atoms with van der Waals surface area (Å²) in [6.45, 7) is 4.03. The molecular formula is C27H28F3N3O3. The van der Waals surface area contributed by atoms with Gasteiger partial charge in [-0.25, -0.2) is 23.1 Å². The van der Waals surface area contributed by atoms with E-state index >= 15 is 0 Å². The second kappa shape index (κ2) is 9.59. The zero-order chi connectivity index (χ0) is 25.6. The summed E-state index contributed by atoms with van der Waals surface area (Å²) in [5, 5.41) is 13.4. The quantitative estimate of drug-likeness (QED) is 0.404. The van der Waals surface area contributed by atoms with E-state index in [9.17, 15) is 23.1 Å². The second-order valence-electron chi connectivity index (χ2n) is 9.69. The highest BCUT2D eigenvalue weighted by Gasteiger charge is 2.32. The number of carbonyl (C=O) groups is 1. The molecule has 2 aromatic carbocycles. The summed E-state index contributed by atoms with van der Waals surface area (Å²) >= 11 is 0. The van der Waals surface area contributed by atoms with Gasteiger partial charge in [-0.05, 0) is 57.1 Å². The average Bonchev–Trinajstić information content (AvgIpc) is 3.34. The van der Waals surface area contributed by atoms with Gasteiger partial charge in [-0.1, -0.05) is 18.2 Å². The molecule has 1 aromatic heterocycles. The Morgan fingerprint density at radius 3 is 2.58 bits per heavy atom. The molecule has 190 valence electrons. The van der Waals surface area contributed by atoms with Gasteiger partial charge in [-0.2, -0.15) is 0 Å². The number of hydrogen-bond donors (Lipinski definition) is 2. The number of aromatic nitrogens is 2. The Balaban J connectivity index is 1.55. The number of carboxylic acids is 1. The van der Waals surface area contributed by atoms with Crippen LogP contribution in [0, 0.1) is 18.7 Å². The highest BCUT2D eigenvalue weighted by Crippen LogP contribution is 2.46. The molecule has 1 atom stereocenters. The fraction of sp³-hybridized carbons (Fsp3) is 0.444. The lowest BCUT2D eigenvalue weighted by atomic mass is 9.77. The summed E-state index contributed by atoms with van der Waals surface area (Å²) in [5.41, 5.74) is 2.28. The van der Waals surface area contributed by atoms with Gasteiger partial charge < -0.3 is 15.2 Å². The number of hydrogen-bond acceptors (Lipinski definition) is 5. The third-order valence-electron chi connectivity index (χ3n) is 7.41. The van der Waals surface area contributed by atoms with Crippen LogP contribution in [0.25, 0.3) is 10.9 Å². The molecule has 9 heteroatoms. The van der Waals surface area contributed by atoms with Crippen molar-refractivity contribution in [2.24, 2.45) is 5.92 Å². The van der Waals surface area contributed by atoms with Crippen LogP contribution >= 0.6 is 0 Å². The molecule has 5 rings (SSSR count). The Bertz CT molecular complexity index is 1320. The number of carboxylic acid groups (broad SMARTS) is 1. The van der Waals surface area contributed by atoms with Gasteiger partial charge in [0.05, 0.1) is 29.6 Å². The number of aliphatic carboxylic acids is 1. The molecule has 6 nitrogen and oxygen atoms in total. The van der Waals surface area contributed by atoms with Crippen LogP contribution < -0.4 is 10.1 Å². The van der Waals surface area contributed by atoms with E-state index in [1.54, 1.807) is 13.8 Å². The van der Waals surface area contributed by atoms with Crippen molar-refractivity contribution >= 4 is 22.7 Å². The zero-order valence-electron chi connectivity index (χ0n) is 20.2. The molecular weight excluding hydrogens is 471 g/mol. The number of ether oxygens (including phenoxy) is 1. The van der Waals surface area contributed by atoms with Crippen LogP contribution in [0.5, 0.6) is 5.75 Å². The number of rotatable bonds is 6. The smallest absolute Gasteiger partial charge is 0.306 e. The molecule has 1 aliphatic carbocycles. The number of halogens is 3. The number of benzene rings is 2. The number of anilines is 1. The maximum atomic E-state index is 14.8. The predicted octanol–water partition coefficient (Wildman–Crippen LogP) is 6.48. The van der Waals surface area contributed by atoms with Gasteiger partial charge in [0.15, 0.2) is 0 Å². The van der Waals surface area contributed by atoms with E-state index in [0.717, 1.165) is 46.7 Å². The first-order chi connectivity index (χ1) is 17.2. The lowest BCUT2D eigenvalue weighted by molar-refractivity contribution is -0.142. The third kappa shape index (κ3) is 4.35. The van der Waals surface area contributed by atoms with Crippen LogP contribution in [0.3, 0.4) is 0 Å². The van der Waals surface area contributed by atoms with Gasteiger partial charge in [0, 0.05) is 22.9 Å². The zero-order valence-corrected chi connectivity index (χ0v) is 20.2. The molecule has 0 spiro atoms. The summed E-state index contributed by atoms with van der Waals surface area (Å²) in [4.78, 5) is 20.7. The van der Waals surface area contributed by atoms with Crippen molar-refractivity contribution < 1.29 is 27.8 Å². The fourth-order valence-corrected chi connectivity index (χ4v) is 5.53. The van der Waals surface area contributed by atoms with E-state index in [-0.39, 0.29) is 17.4 Å². The van der Waals surface area contributed by atoms with Crippen LogP contribution in [-0.4, -0.2) is 27.7 Å². The highest BCUT2D eigenvalue weighted by molar-refractivity contribution is 5.94. The molecule has 1 aliphatic heterocycles. The van der Waals surface area contributed by atoms with E-state index in [4.69, 9.17) is 4.74 Å². The van der Waals surface area contributed by atoms with Crippen LogP contribution in [0.4, 0.5) is 19.0 Å². The number of alkyl halides is 2. The molecule has 1 unspecified atom stereocenters.